The molecule has 2 heterocycles. The van der Waals surface area contributed by atoms with Crippen LogP contribution in [0, 0.1) is 0 Å². The number of sulfonamides is 1. The predicted octanol–water partition coefficient (Wildman–Crippen LogP) is 2.80. The molecule has 0 amide bonds. The van der Waals surface area contributed by atoms with Gasteiger partial charge in [0.2, 0.25) is 10.0 Å². The van der Waals surface area contributed by atoms with Gasteiger partial charge in [-0.2, -0.15) is 0 Å². The van der Waals surface area contributed by atoms with Crippen LogP contribution < -0.4 is 10.3 Å². The molecule has 1 aliphatic rings. The number of fused-ring (bicyclic) bond motifs is 1. The Bertz CT molecular complexity index is 1320. The molecular weight excluding hydrogens is 453 g/mol. The molecule has 3 aromatic rings. The minimum absolute atomic E-state index is 0.00239. The van der Waals surface area contributed by atoms with Crippen molar-refractivity contribution in [3.05, 3.63) is 74.3 Å². The summed E-state index contributed by atoms with van der Waals surface area (Å²) in [5.41, 5.74) is 0.233. The van der Waals surface area contributed by atoms with Gasteiger partial charge >= 0.3 is 5.97 Å². The number of aromatic nitrogens is 2. The van der Waals surface area contributed by atoms with Crippen molar-refractivity contribution in [1.82, 2.24) is 14.1 Å². The minimum Gasteiger partial charge on any atom is -0.456 e. The lowest BCUT2D eigenvalue weighted by atomic mass is 10.2. The van der Waals surface area contributed by atoms with Crippen LogP contribution in [0.5, 0.6) is 0 Å². The summed E-state index contributed by atoms with van der Waals surface area (Å²) in [6.07, 6.45) is 2.97. The number of esters is 1. The minimum atomic E-state index is -3.84. The molecule has 0 unspecified atom stereocenters. The van der Waals surface area contributed by atoms with Crippen LogP contribution in [0.3, 0.4) is 0 Å². The topological polar surface area (TPSA) is 107 Å². The van der Waals surface area contributed by atoms with Crippen molar-refractivity contribution in [3.63, 3.8) is 0 Å². The van der Waals surface area contributed by atoms with E-state index in [2.05, 4.69) is 9.71 Å². The number of carbonyl (C=O) groups excluding carboxylic acids is 1. The van der Waals surface area contributed by atoms with E-state index >= 15 is 0 Å². The van der Waals surface area contributed by atoms with E-state index in [1.807, 2.05) is 0 Å². The van der Waals surface area contributed by atoms with Gasteiger partial charge in [0.25, 0.3) is 5.56 Å². The molecule has 0 saturated heterocycles. The maximum atomic E-state index is 12.4. The molecule has 156 valence electrons. The molecule has 1 aromatic carbocycles. The zero-order valence-electron chi connectivity index (χ0n) is 15.3. The van der Waals surface area contributed by atoms with Crippen molar-refractivity contribution in [1.29, 1.82) is 0 Å². The summed E-state index contributed by atoms with van der Waals surface area (Å²) in [5, 5.41) is 0.387. The van der Waals surface area contributed by atoms with Crippen LogP contribution >= 0.6 is 23.2 Å². The number of hydrogen-bond acceptors (Lipinski definition) is 6. The predicted molar refractivity (Wildman–Crippen MR) is 110 cm³/mol. The van der Waals surface area contributed by atoms with E-state index < -0.39 is 16.0 Å². The molecule has 0 aliphatic heterocycles. The quantitative estimate of drug-likeness (QED) is 0.558. The van der Waals surface area contributed by atoms with E-state index in [-0.39, 0.29) is 39.4 Å². The second-order valence-corrected chi connectivity index (χ2v) is 9.30. The second-order valence-electron chi connectivity index (χ2n) is 6.78. The highest BCUT2D eigenvalue weighted by Crippen LogP contribution is 2.27. The van der Waals surface area contributed by atoms with Crippen LogP contribution in [-0.4, -0.2) is 29.8 Å². The number of nitrogens with one attached hydrogen (secondary N) is 1. The largest absolute Gasteiger partial charge is 0.456 e. The van der Waals surface area contributed by atoms with Crippen molar-refractivity contribution in [2.24, 2.45) is 0 Å². The Morgan fingerprint density at radius 3 is 2.70 bits per heavy atom. The van der Waals surface area contributed by atoms with E-state index in [4.69, 9.17) is 27.9 Å². The Kier molecular flexibility index (Phi) is 5.54. The fourth-order valence-corrected chi connectivity index (χ4v) is 4.73. The van der Waals surface area contributed by atoms with Crippen molar-refractivity contribution >= 4 is 44.8 Å². The maximum absolute atomic E-state index is 12.4. The van der Waals surface area contributed by atoms with Gasteiger partial charge in [-0.15, -0.1) is 0 Å². The van der Waals surface area contributed by atoms with Crippen LogP contribution in [0.4, 0.5) is 0 Å². The molecule has 1 aliphatic carbocycles. The monoisotopic (exact) mass is 467 g/mol. The summed E-state index contributed by atoms with van der Waals surface area (Å²) in [7, 11) is -3.84. The summed E-state index contributed by atoms with van der Waals surface area (Å²) in [5.74, 6) is -0.771. The van der Waals surface area contributed by atoms with Gasteiger partial charge in [-0.3, -0.25) is 9.20 Å². The lowest BCUT2D eigenvalue weighted by molar-refractivity contribution is 0.0467. The molecule has 0 bridgehead atoms. The molecular formula is C19H15Cl2N3O5S. The molecule has 0 radical (unpaired) electrons. The zero-order valence-corrected chi connectivity index (χ0v) is 17.7. The number of halogens is 2. The van der Waals surface area contributed by atoms with Crippen molar-refractivity contribution < 1.29 is 17.9 Å². The zero-order chi connectivity index (χ0) is 21.5. The molecule has 1 N–H and O–H groups in total. The highest BCUT2D eigenvalue weighted by molar-refractivity contribution is 7.89. The van der Waals surface area contributed by atoms with Gasteiger partial charge in [-0.25, -0.2) is 22.9 Å². The first-order chi connectivity index (χ1) is 14.2. The van der Waals surface area contributed by atoms with Gasteiger partial charge in [0.15, 0.2) is 0 Å². The third-order valence-electron chi connectivity index (χ3n) is 4.38. The maximum Gasteiger partial charge on any atom is 0.338 e. The van der Waals surface area contributed by atoms with Crippen LogP contribution in [-0.2, 0) is 21.4 Å². The normalized spacial score (nSPS) is 14.1. The SMILES string of the molecule is O=C(OCc1cc(=O)n2cc(Cl)ccc2n1)c1ccc(Cl)c(S(=O)(=O)NC2CC2)c1. The van der Waals surface area contributed by atoms with Gasteiger partial charge in [-0.1, -0.05) is 23.2 Å². The average Bonchev–Trinajstić information content (AvgIpc) is 3.50. The van der Waals surface area contributed by atoms with Crippen LogP contribution in [0.2, 0.25) is 10.0 Å². The summed E-state index contributed by atoms with van der Waals surface area (Å²) >= 11 is 11.9. The average molecular weight is 468 g/mol. The number of rotatable bonds is 6. The molecule has 1 fully saturated rings. The highest BCUT2D eigenvalue weighted by atomic mass is 35.5. The summed E-state index contributed by atoms with van der Waals surface area (Å²) in [6, 6.07) is 8.14. The number of pyridine rings is 1. The lowest BCUT2D eigenvalue weighted by Gasteiger charge is -2.10. The summed E-state index contributed by atoms with van der Waals surface area (Å²) in [4.78, 5) is 28.7. The van der Waals surface area contributed by atoms with Crippen LogP contribution in [0.25, 0.3) is 5.65 Å². The van der Waals surface area contributed by atoms with E-state index in [1.165, 1.54) is 34.9 Å². The molecule has 1 saturated carbocycles. The van der Waals surface area contributed by atoms with E-state index in [9.17, 15) is 18.0 Å². The third kappa shape index (κ3) is 4.49. The first-order valence-electron chi connectivity index (χ1n) is 8.90. The first kappa shape index (κ1) is 20.8. The standard InChI is InChI=1S/C19H15Cl2N3O5S/c20-12-2-6-17-22-14(8-18(25)24(17)9-12)10-29-19(26)11-1-5-15(21)16(7-11)30(27,28)23-13-3-4-13/h1-2,5-9,13,23H,3-4,10H2. The Morgan fingerprint density at radius 1 is 1.20 bits per heavy atom. The van der Waals surface area contributed by atoms with Gasteiger partial charge in [0.05, 0.1) is 21.3 Å². The van der Waals surface area contributed by atoms with Crippen molar-refractivity contribution in [2.75, 3.05) is 0 Å². The Labute approximate surface area is 181 Å². The Hall–Kier alpha value is -2.46. The number of benzene rings is 1. The number of carbonyl (C=O) groups is 1. The summed E-state index contributed by atoms with van der Waals surface area (Å²) < 4.78 is 33.9. The first-order valence-corrected chi connectivity index (χ1v) is 11.1. The van der Waals surface area contributed by atoms with Crippen LogP contribution in [0.1, 0.15) is 28.9 Å². The van der Waals surface area contributed by atoms with Crippen molar-refractivity contribution in [2.45, 2.75) is 30.4 Å². The third-order valence-corrected chi connectivity index (χ3v) is 6.61. The van der Waals surface area contributed by atoms with Gasteiger partial charge < -0.3 is 4.74 Å². The number of ether oxygens (including phenoxy) is 1. The smallest absolute Gasteiger partial charge is 0.338 e. The van der Waals surface area contributed by atoms with Crippen LogP contribution in [0.15, 0.2) is 52.3 Å². The van der Waals surface area contributed by atoms with Gasteiger partial charge in [0.1, 0.15) is 17.1 Å². The molecule has 2 aromatic heterocycles. The highest BCUT2D eigenvalue weighted by Gasteiger charge is 2.29. The second kappa shape index (κ2) is 7.99. The van der Waals surface area contributed by atoms with Gasteiger partial charge in [-0.05, 0) is 43.2 Å². The van der Waals surface area contributed by atoms with E-state index in [0.29, 0.717) is 10.7 Å². The number of nitrogens with zero attached hydrogens (tertiary/aromatic N) is 2. The fourth-order valence-electron chi connectivity index (χ4n) is 2.74. The van der Waals surface area contributed by atoms with Gasteiger partial charge in [0, 0.05) is 18.3 Å². The molecule has 0 atom stereocenters. The molecule has 8 nitrogen and oxygen atoms in total. The summed E-state index contributed by atoms with van der Waals surface area (Å²) in [6.45, 7) is -0.266. The fraction of sp³-hybridized carbons (Fsp3) is 0.211. The molecule has 0 spiro atoms. The Morgan fingerprint density at radius 2 is 1.97 bits per heavy atom. The Balaban J connectivity index is 1.53. The molecule has 11 heteroatoms. The van der Waals surface area contributed by atoms with Crippen molar-refractivity contribution in [3.8, 4) is 0 Å². The molecule has 30 heavy (non-hydrogen) atoms. The van der Waals surface area contributed by atoms with E-state index in [0.717, 1.165) is 12.8 Å². The lowest BCUT2D eigenvalue weighted by Crippen LogP contribution is -2.26. The van der Waals surface area contributed by atoms with E-state index in [1.54, 1.807) is 12.1 Å². The number of hydrogen-bond donors (Lipinski definition) is 1. The molecule has 4 rings (SSSR count).